The van der Waals surface area contributed by atoms with Gasteiger partial charge < -0.3 is 19.7 Å². The second kappa shape index (κ2) is 4.67. The summed E-state index contributed by atoms with van der Waals surface area (Å²) in [5, 5.41) is 27.5. The Morgan fingerprint density at radius 1 is 1.06 bits per heavy atom. The number of phenolic OH excluding ortho intramolecular Hbond substituents is 1. The van der Waals surface area contributed by atoms with E-state index in [0.29, 0.717) is 5.56 Å². The minimum absolute atomic E-state index is 0.0960. The second-order valence-corrected chi connectivity index (χ2v) is 3.60. The maximum atomic E-state index is 11.1. The maximum absolute atomic E-state index is 11.1. The zero-order chi connectivity index (χ0) is 13.1. The van der Waals surface area contributed by atoms with Crippen molar-refractivity contribution < 1.29 is 19.7 Å². The van der Waals surface area contributed by atoms with Crippen LogP contribution in [0.15, 0.2) is 39.5 Å². The van der Waals surface area contributed by atoms with Gasteiger partial charge in [0.25, 0.3) is 0 Å². The molecule has 92 valence electrons. The average molecular weight is 246 g/mol. The highest BCUT2D eigenvalue weighted by molar-refractivity contribution is 5.68. The predicted molar refractivity (Wildman–Crippen MR) is 65.3 cm³/mol. The first-order chi connectivity index (χ1) is 8.56. The maximum Gasteiger partial charge on any atom is 0.382 e. The molecule has 0 saturated carbocycles. The Labute approximate surface area is 102 Å². The van der Waals surface area contributed by atoms with Crippen LogP contribution in [-0.2, 0) is 0 Å². The summed E-state index contributed by atoms with van der Waals surface area (Å²) in [5.41, 5.74) is -0.309. The van der Waals surface area contributed by atoms with Crippen LogP contribution in [0, 0.1) is 0 Å². The molecule has 0 aliphatic heterocycles. The van der Waals surface area contributed by atoms with Gasteiger partial charge in [0.1, 0.15) is 11.5 Å². The Bertz CT molecular complexity index is 655. The molecule has 0 atom stereocenters. The topological polar surface area (TPSA) is 90.9 Å². The fraction of sp³-hybridized carbons (Fsp3) is 0. The first-order valence-corrected chi connectivity index (χ1v) is 5.09. The van der Waals surface area contributed by atoms with Crippen molar-refractivity contribution >= 4 is 12.2 Å². The summed E-state index contributed by atoms with van der Waals surface area (Å²) in [4.78, 5) is 11.1. The van der Waals surface area contributed by atoms with Crippen LogP contribution >= 0.6 is 0 Å². The van der Waals surface area contributed by atoms with E-state index in [2.05, 4.69) is 0 Å². The van der Waals surface area contributed by atoms with Gasteiger partial charge in [0, 0.05) is 6.07 Å². The molecule has 3 N–H and O–H groups in total. The molecule has 1 aromatic heterocycles. The van der Waals surface area contributed by atoms with Crippen molar-refractivity contribution in [3.05, 3.63) is 52.1 Å². The van der Waals surface area contributed by atoms with Gasteiger partial charge in [0.2, 0.25) is 5.75 Å². The highest BCUT2D eigenvalue weighted by atomic mass is 16.4. The van der Waals surface area contributed by atoms with Gasteiger partial charge in [-0.25, -0.2) is 4.79 Å². The third kappa shape index (κ3) is 2.52. The van der Waals surface area contributed by atoms with Crippen molar-refractivity contribution in [3.8, 4) is 17.2 Å². The normalized spacial score (nSPS) is 10.9. The van der Waals surface area contributed by atoms with Crippen molar-refractivity contribution in [1.82, 2.24) is 0 Å². The average Bonchev–Trinajstić information content (AvgIpc) is 2.33. The molecule has 0 amide bonds. The van der Waals surface area contributed by atoms with E-state index in [1.165, 1.54) is 18.2 Å². The lowest BCUT2D eigenvalue weighted by Crippen LogP contribution is -1.98. The Morgan fingerprint density at radius 3 is 2.50 bits per heavy atom. The van der Waals surface area contributed by atoms with Gasteiger partial charge in [-0.15, -0.1) is 0 Å². The van der Waals surface area contributed by atoms with E-state index in [1.807, 2.05) is 0 Å². The molecule has 0 aliphatic carbocycles. The quantitative estimate of drug-likeness (QED) is 0.753. The molecule has 0 fully saturated rings. The molecule has 1 heterocycles. The zero-order valence-corrected chi connectivity index (χ0v) is 9.20. The number of aromatic hydroxyl groups is 3. The van der Waals surface area contributed by atoms with Gasteiger partial charge in [-0.05, 0) is 23.8 Å². The van der Waals surface area contributed by atoms with Crippen molar-refractivity contribution in [3.63, 3.8) is 0 Å². The van der Waals surface area contributed by atoms with E-state index >= 15 is 0 Å². The van der Waals surface area contributed by atoms with E-state index < -0.39 is 17.1 Å². The van der Waals surface area contributed by atoms with Crippen LogP contribution in [0.4, 0.5) is 0 Å². The molecule has 18 heavy (non-hydrogen) atoms. The van der Waals surface area contributed by atoms with Crippen LogP contribution in [0.3, 0.4) is 0 Å². The SMILES string of the molecule is O=c1oc(/C=C/c2cccc(O)c2)cc(O)c1O. The molecule has 0 saturated heterocycles. The smallest absolute Gasteiger partial charge is 0.382 e. The number of phenols is 1. The van der Waals surface area contributed by atoms with Gasteiger partial charge in [-0.2, -0.15) is 0 Å². The van der Waals surface area contributed by atoms with E-state index in [0.717, 1.165) is 6.07 Å². The third-order valence-electron chi connectivity index (χ3n) is 2.24. The molecule has 0 spiro atoms. The summed E-state index contributed by atoms with van der Waals surface area (Å²) in [6.07, 6.45) is 3.03. The van der Waals surface area contributed by atoms with Gasteiger partial charge in [-0.1, -0.05) is 18.2 Å². The predicted octanol–water partition coefficient (Wildman–Crippen LogP) is 1.93. The van der Waals surface area contributed by atoms with Crippen molar-refractivity contribution in [2.45, 2.75) is 0 Å². The largest absolute Gasteiger partial charge is 0.508 e. The molecular formula is C13H10O5. The zero-order valence-electron chi connectivity index (χ0n) is 9.20. The van der Waals surface area contributed by atoms with E-state index in [-0.39, 0.29) is 11.5 Å². The van der Waals surface area contributed by atoms with Crippen LogP contribution < -0.4 is 5.63 Å². The summed E-state index contributed by atoms with van der Waals surface area (Å²) < 4.78 is 4.73. The molecule has 0 bridgehead atoms. The number of rotatable bonds is 2. The molecule has 0 aliphatic rings. The first kappa shape index (κ1) is 11.8. The van der Waals surface area contributed by atoms with Gasteiger partial charge >= 0.3 is 5.63 Å². The standard InChI is InChI=1S/C13H10O5/c14-9-3-1-2-8(6-9)4-5-10-7-11(15)12(16)13(17)18-10/h1-7,14-16H/b5-4+. The van der Waals surface area contributed by atoms with Crippen LogP contribution in [0.25, 0.3) is 12.2 Å². The number of benzene rings is 1. The van der Waals surface area contributed by atoms with Crippen molar-refractivity contribution in [2.75, 3.05) is 0 Å². The van der Waals surface area contributed by atoms with Crippen molar-refractivity contribution in [1.29, 1.82) is 0 Å². The van der Waals surface area contributed by atoms with E-state index in [9.17, 15) is 15.0 Å². The lowest BCUT2D eigenvalue weighted by Gasteiger charge is -1.97. The van der Waals surface area contributed by atoms with E-state index in [4.69, 9.17) is 9.52 Å². The molecule has 2 rings (SSSR count). The van der Waals surface area contributed by atoms with E-state index in [1.54, 1.807) is 18.2 Å². The molecule has 2 aromatic rings. The molecular weight excluding hydrogens is 236 g/mol. The lowest BCUT2D eigenvalue weighted by molar-refractivity contribution is 0.362. The summed E-state index contributed by atoms with van der Waals surface area (Å²) in [6, 6.07) is 7.59. The van der Waals surface area contributed by atoms with Gasteiger partial charge in [-0.3, -0.25) is 0 Å². The lowest BCUT2D eigenvalue weighted by atomic mass is 10.2. The van der Waals surface area contributed by atoms with Crippen LogP contribution in [0.2, 0.25) is 0 Å². The van der Waals surface area contributed by atoms with Gasteiger partial charge in [0.05, 0.1) is 0 Å². The molecule has 0 unspecified atom stereocenters. The van der Waals surface area contributed by atoms with Crippen LogP contribution in [0.1, 0.15) is 11.3 Å². The summed E-state index contributed by atoms with van der Waals surface area (Å²) in [5.74, 6) is -1.14. The minimum Gasteiger partial charge on any atom is -0.508 e. The number of hydrogen-bond donors (Lipinski definition) is 3. The molecule has 5 heteroatoms. The highest BCUT2D eigenvalue weighted by Gasteiger charge is 2.07. The first-order valence-electron chi connectivity index (χ1n) is 5.09. The fourth-order valence-electron chi connectivity index (χ4n) is 1.38. The monoisotopic (exact) mass is 246 g/mol. The minimum atomic E-state index is -1.01. The summed E-state index contributed by atoms with van der Waals surface area (Å²) >= 11 is 0. The second-order valence-electron chi connectivity index (χ2n) is 3.60. The van der Waals surface area contributed by atoms with Crippen LogP contribution in [-0.4, -0.2) is 15.3 Å². The Morgan fingerprint density at radius 2 is 1.83 bits per heavy atom. The Balaban J connectivity index is 2.32. The fourth-order valence-corrected chi connectivity index (χ4v) is 1.38. The molecule has 0 radical (unpaired) electrons. The van der Waals surface area contributed by atoms with Crippen LogP contribution in [0.5, 0.6) is 17.2 Å². The molecule has 1 aromatic carbocycles. The Kier molecular flexibility index (Phi) is 3.05. The third-order valence-corrected chi connectivity index (χ3v) is 2.24. The highest BCUT2D eigenvalue weighted by Crippen LogP contribution is 2.21. The van der Waals surface area contributed by atoms with Crippen molar-refractivity contribution in [2.24, 2.45) is 0 Å². The summed E-state index contributed by atoms with van der Waals surface area (Å²) in [6.45, 7) is 0. The summed E-state index contributed by atoms with van der Waals surface area (Å²) in [7, 11) is 0. The molecule has 5 nitrogen and oxygen atoms in total. The Hall–Kier alpha value is -2.69. The number of hydrogen-bond acceptors (Lipinski definition) is 5. The van der Waals surface area contributed by atoms with Gasteiger partial charge in [0.15, 0.2) is 5.75 Å².